The summed E-state index contributed by atoms with van der Waals surface area (Å²) in [6.07, 6.45) is 0. The van der Waals surface area contributed by atoms with Crippen LogP contribution in [-0.4, -0.2) is 9.20 Å². The topological polar surface area (TPSA) is 9.34 Å². The van der Waals surface area contributed by atoms with Gasteiger partial charge in [0.15, 0.2) is 0 Å². The van der Waals surface area contributed by atoms with E-state index in [0.717, 1.165) is 0 Å². The van der Waals surface area contributed by atoms with Gasteiger partial charge in [0, 0.05) is 17.8 Å². The molecule has 0 saturated heterocycles. The molecule has 0 amide bonds. The third kappa shape index (κ3) is 0.998. The molecule has 0 radical (unpaired) electrons. The first-order valence-electron chi connectivity index (χ1n) is 5.80. The molecule has 0 N–H and O–H groups in total. The highest BCUT2D eigenvalue weighted by atomic mass is 15.3. The molecular weight excluding hydrogens is 208 g/mol. The number of rotatable bonds is 0. The van der Waals surface area contributed by atoms with Crippen LogP contribution in [0, 0.1) is 0 Å². The Hall–Kier alpha value is -2.22. The summed E-state index contributed by atoms with van der Waals surface area (Å²) in [5.41, 5.74) is 3.82. The molecule has 2 heteroatoms. The van der Waals surface area contributed by atoms with E-state index in [4.69, 9.17) is 0 Å². The molecule has 2 nitrogen and oxygen atoms in total. The first-order valence-corrected chi connectivity index (χ1v) is 5.80. The zero-order valence-electron chi connectivity index (χ0n) is 9.59. The average Bonchev–Trinajstić information content (AvgIpc) is 2.88. The summed E-state index contributed by atoms with van der Waals surface area (Å²) in [6.45, 7) is 0. The number of hydrogen-bond donors (Lipinski definition) is 0. The number of nitrogens with zero attached hydrogens (tertiary/aromatic N) is 2. The molecule has 2 aromatic carbocycles. The number of aromatic nitrogens is 2. The Morgan fingerprint density at radius 1 is 0.765 bits per heavy atom. The number of para-hydroxylation sites is 2. The van der Waals surface area contributed by atoms with Crippen LogP contribution in [0.25, 0.3) is 27.3 Å². The van der Waals surface area contributed by atoms with Crippen LogP contribution in [0.1, 0.15) is 0 Å². The molecule has 0 spiro atoms. The van der Waals surface area contributed by atoms with Crippen LogP contribution in [0.3, 0.4) is 0 Å². The molecule has 0 aliphatic rings. The summed E-state index contributed by atoms with van der Waals surface area (Å²) in [5.74, 6) is 0. The predicted molar refractivity (Wildman–Crippen MR) is 71.4 cm³/mol. The van der Waals surface area contributed by atoms with Crippen molar-refractivity contribution in [2.45, 2.75) is 0 Å². The van der Waals surface area contributed by atoms with Crippen LogP contribution < -0.4 is 0 Å². The lowest BCUT2D eigenvalue weighted by atomic mass is 10.2. The minimum Gasteiger partial charge on any atom is -0.283 e. The van der Waals surface area contributed by atoms with Gasteiger partial charge in [-0.2, -0.15) is 0 Å². The fourth-order valence-corrected chi connectivity index (χ4v) is 2.74. The Morgan fingerprint density at radius 2 is 1.47 bits per heavy atom. The monoisotopic (exact) mass is 220 g/mol. The number of fused-ring (bicyclic) bond motifs is 5. The summed E-state index contributed by atoms with van der Waals surface area (Å²) in [4.78, 5) is 0. The molecule has 4 rings (SSSR count). The lowest BCUT2D eigenvalue weighted by molar-refractivity contribution is 0.755. The van der Waals surface area contributed by atoms with Crippen molar-refractivity contribution in [3.8, 4) is 0 Å². The first-order chi connectivity index (χ1) is 8.36. The van der Waals surface area contributed by atoms with Crippen molar-refractivity contribution in [2.75, 3.05) is 0 Å². The lowest BCUT2D eigenvalue weighted by Crippen LogP contribution is -1.97. The SMILES string of the molecule is Cn1c2ccccc2c2cc3ccccc3n21. The highest BCUT2D eigenvalue weighted by Crippen LogP contribution is 2.28. The van der Waals surface area contributed by atoms with E-state index in [1.807, 2.05) is 0 Å². The Morgan fingerprint density at radius 3 is 2.35 bits per heavy atom. The van der Waals surface area contributed by atoms with E-state index in [1.54, 1.807) is 0 Å². The minimum absolute atomic E-state index is 1.27. The molecule has 0 unspecified atom stereocenters. The van der Waals surface area contributed by atoms with Crippen LogP contribution in [-0.2, 0) is 7.05 Å². The second kappa shape index (κ2) is 2.92. The third-order valence-corrected chi connectivity index (χ3v) is 3.51. The van der Waals surface area contributed by atoms with E-state index in [9.17, 15) is 0 Å². The van der Waals surface area contributed by atoms with E-state index in [0.29, 0.717) is 0 Å². The number of hydrogen-bond acceptors (Lipinski definition) is 0. The summed E-state index contributed by atoms with van der Waals surface area (Å²) in [7, 11) is 2.11. The standard InChI is InChI=1S/C15H12N2/c1-16-14-9-5-3-7-12(14)15-10-11-6-2-4-8-13(11)17(15)16/h2-10H,1H3. The zero-order valence-corrected chi connectivity index (χ0v) is 9.59. The first kappa shape index (κ1) is 8.88. The van der Waals surface area contributed by atoms with Crippen molar-refractivity contribution in [2.24, 2.45) is 7.05 Å². The quantitative estimate of drug-likeness (QED) is 0.428. The summed E-state index contributed by atoms with van der Waals surface area (Å²) in [6, 6.07) is 19.3. The van der Waals surface area contributed by atoms with Gasteiger partial charge in [0.2, 0.25) is 0 Å². The maximum Gasteiger partial charge on any atom is 0.0733 e. The van der Waals surface area contributed by atoms with E-state index in [-0.39, 0.29) is 0 Å². The van der Waals surface area contributed by atoms with E-state index in [1.165, 1.54) is 27.3 Å². The van der Waals surface area contributed by atoms with Gasteiger partial charge in [0.05, 0.1) is 16.6 Å². The van der Waals surface area contributed by atoms with Crippen LogP contribution in [0.5, 0.6) is 0 Å². The molecule has 4 aromatic rings. The molecule has 2 aromatic heterocycles. The van der Waals surface area contributed by atoms with Gasteiger partial charge < -0.3 is 0 Å². The van der Waals surface area contributed by atoms with Crippen LogP contribution in [0.4, 0.5) is 0 Å². The Labute approximate surface area is 98.7 Å². The van der Waals surface area contributed by atoms with Gasteiger partial charge in [0.1, 0.15) is 0 Å². The van der Waals surface area contributed by atoms with E-state index < -0.39 is 0 Å². The Bertz CT molecular complexity index is 843. The highest BCUT2D eigenvalue weighted by molar-refractivity contribution is 6.01. The fourth-order valence-electron chi connectivity index (χ4n) is 2.74. The van der Waals surface area contributed by atoms with Crippen molar-refractivity contribution in [1.82, 2.24) is 9.20 Å². The molecule has 0 aliphatic carbocycles. The summed E-state index contributed by atoms with van der Waals surface area (Å²) >= 11 is 0. The molecule has 17 heavy (non-hydrogen) atoms. The van der Waals surface area contributed by atoms with Crippen molar-refractivity contribution in [3.63, 3.8) is 0 Å². The molecule has 0 fully saturated rings. The molecule has 0 aliphatic heterocycles. The minimum atomic E-state index is 1.27. The van der Waals surface area contributed by atoms with Gasteiger partial charge in [-0.25, -0.2) is 0 Å². The van der Waals surface area contributed by atoms with E-state index in [2.05, 4.69) is 70.8 Å². The van der Waals surface area contributed by atoms with Crippen molar-refractivity contribution >= 4 is 27.3 Å². The molecule has 82 valence electrons. The lowest BCUT2D eigenvalue weighted by Gasteiger charge is -2.00. The smallest absolute Gasteiger partial charge is 0.0733 e. The van der Waals surface area contributed by atoms with Gasteiger partial charge >= 0.3 is 0 Å². The third-order valence-electron chi connectivity index (χ3n) is 3.51. The average molecular weight is 220 g/mol. The fraction of sp³-hybridized carbons (Fsp3) is 0.0667. The summed E-state index contributed by atoms with van der Waals surface area (Å²) < 4.78 is 4.49. The highest BCUT2D eigenvalue weighted by Gasteiger charge is 2.10. The largest absolute Gasteiger partial charge is 0.283 e. The molecule has 2 heterocycles. The Balaban J connectivity index is 2.40. The molecule has 0 bridgehead atoms. The summed E-state index contributed by atoms with van der Waals surface area (Å²) in [5, 5.41) is 2.61. The van der Waals surface area contributed by atoms with Crippen LogP contribution in [0.15, 0.2) is 54.6 Å². The van der Waals surface area contributed by atoms with Crippen LogP contribution in [0.2, 0.25) is 0 Å². The van der Waals surface area contributed by atoms with Crippen LogP contribution >= 0.6 is 0 Å². The van der Waals surface area contributed by atoms with Crippen molar-refractivity contribution in [3.05, 3.63) is 54.6 Å². The van der Waals surface area contributed by atoms with Crippen molar-refractivity contribution in [1.29, 1.82) is 0 Å². The predicted octanol–water partition coefficient (Wildman–Crippen LogP) is 3.58. The van der Waals surface area contributed by atoms with Crippen molar-refractivity contribution < 1.29 is 0 Å². The van der Waals surface area contributed by atoms with Gasteiger partial charge in [0.25, 0.3) is 0 Å². The van der Waals surface area contributed by atoms with Gasteiger partial charge in [-0.05, 0) is 18.2 Å². The van der Waals surface area contributed by atoms with Gasteiger partial charge in [-0.3, -0.25) is 9.20 Å². The number of aryl methyl sites for hydroxylation is 1. The molecular formula is C15H12N2. The molecule has 0 atom stereocenters. The second-order valence-corrected chi connectivity index (χ2v) is 4.44. The molecule has 0 saturated carbocycles. The zero-order chi connectivity index (χ0) is 11.4. The van der Waals surface area contributed by atoms with Gasteiger partial charge in [-0.15, -0.1) is 0 Å². The maximum absolute atomic E-state index is 2.28. The normalized spacial score (nSPS) is 11.8. The van der Waals surface area contributed by atoms with E-state index >= 15 is 0 Å². The second-order valence-electron chi connectivity index (χ2n) is 4.44. The number of benzene rings is 2. The van der Waals surface area contributed by atoms with Gasteiger partial charge in [-0.1, -0.05) is 36.4 Å². The maximum atomic E-state index is 2.28. The Kier molecular flexibility index (Phi) is 1.52.